The minimum atomic E-state index is 0.225. The van der Waals surface area contributed by atoms with Crippen LogP contribution in [-0.4, -0.2) is 12.2 Å². The van der Waals surface area contributed by atoms with Gasteiger partial charge in [0.25, 0.3) is 0 Å². The maximum absolute atomic E-state index is 6.09. The maximum atomic E-state index is 6.09. The monoisotopic (exact) mass is 222 g/mol. The average molecular weight is 222 g/mol. The molecule has 1 nitrogen and oxygen atoms in total. The molecule has 0 aromatic rings. The van der Waals surface area contributed by atoms with Crippen LogP contribution in [0.15, 0.2) is 0 Å². The van der Waals surface area contributed by atoms with Crippen molar-refractivity contribution in [3.05, 3.63) is 0 Å². The molecular formula is C15H26O. The van der Waals surface area contributed by atoms with Crippen molar-refractivity contribution < 1.29 is 4.74 Å². The molecule has 1 heterocycles. The predicted molar refractivity (Wildman–Crippen MR) is 66.3 cm³/mol. The Bertz CT molecular complexity index is 287. The van der Waals surface area contributed by atoms with Crippen LogP contribution in [-0.2, 0) is 4.74 Å². The third-order valence-electron chi connectivity index (χ3n) is 6.23. The van der Waals surface area contributed by atoms with E-state index in [1.165, 1.54) is 38.5 Å². The Hall–Kier alpha value is -0.0400. The van der Waals surface area contributed by atoms with Crippen LogP contribution in [0.25, 0.3) is 0 Å². The van der Waals surface area contributed by atoms with Crippen LogP contribution in [0, 0.1) is 23.2 Å². The van der Waals surface area contributed by atoms with Crippen LogP contribution in [0.3, 0.4) is 0 Å². The van der Waals surface area contributed by atoms with Gasteiger partial charge >= 0.3 is 0 Å². The fourth-order valence-corrected chi connectivity index (χ4v) is 5.42. The van der Waals surface area contributed by atoms with Crippen molar-refractivity contribution in [2.75, 3.05) is 6.61 Å². The van der Waals surface area contributed by atoms with Crippen LogP contribution in [0.2, 0.25) is 0 Å². The fourth-order valence-electron chi connectivity index (χ4n) is 5.42. The molecule has 0 N–H and O–H groups in total. The highest BCUT2D eigenvalue weighted by molar-refractivity contribution is 5.07. The zero-order valence-corrected chi connectivity index (χ0v) is 11.1. The topological polar surface area (TPSA) is 9.23 Å². The SMILES string of the molecule is C[C@H]1CCCC2(C)C1CC[C@@]1(C)OCC[C@H]21. The Morgan fingerprint density at radius 2 is 1.88 bits per heavy atom. The highest BCUT2D eigenvalue weighted by Gasteiger charge is 2.57. The molecule has 0 bridgehead atoms. The Kier molecular flexibility index (Phi) is 2.41. The molecule has 0 radical (unpaired) electrons. The molecule has 2 aliphatic carbocycles. The minimum Gasteiger partial charge on any atom is -0.375 e. The van der Waals surface area contributed by atoms with Gasteiger partial charge in [-0.05, 0) is 55.8 Å². The second-order valence-electron chi connectivity index (χ2n) is 7.02. The predicted octanol–water partition coefficient (Wildman–Crippen LogP) is 4.02. The summed E-state index contributed by atoms with van der Waals surface area (Å²) in [5.41, 5.74) is 0.809. The average Bonchev–Trinajstić information content (AvgIpc) is 2.61. The minimum absolute atomic E-state index is 0.225. The number of hydrogen-bond acceptors (Lipinski definition) is 1. The summed E-state index contributed by atoms with van der Waals surface area (Å²) in [5.74, 6) is 2.76. The van der Waals surface area contributed by atoms with E-state index in [4.69, 9.17) is 4.74 Å². The number of ether oxygens (including phenoxy) is 1. The number of fused-ring (bicyclic) bond motifs is 3. The molecule has 0 amide bonds. The van der Waals surface area contributed by atoms with Crippen LogP contribution in [0.5, 0.6) is 0 Å². The summed E-state index contributed by atoms with van der Waals surface area (Å²) >= 11 is 0. The van der Waals surface area contributed by atoms with Gasteiger partial charge in [0.05, 0.1) is 5.60 Å². The van der Waals surface area contributed by atoms with Crippen LogP contribution >= 0.6 is 0 Å². The van der Waals surface area contributed by atoms with E-state index >= 15 is 0 Å². The third kappa shape index (κ3) is 1.33. The second kappa shape index (κ2) is 3.48. The molecular weight excluding hydrogens is 196 g/mol. The second-order valence-corrected chi connectivity index (χ2v) is 7.02. The molecule has 0 aromatic carbocycles. The molecule has 2 saturated carbocycles. The van der Waals surface area contributed by atoms with E-state index in [-0.39, 0.29) is 5.60 Å². The van der Waals surface area contributed by atoms with Gasteiger partial charge in [0, 0.05) is 6.61 Å². The van der Waals surface area contributed by atoms with Gasteiger partial charge in [-0.2, -0.15) is 0 Å². The van der Waals surface area contributed by atoms with E-state index in [1.54, 1.807) is 0 Å². The normalized spacial score (nSPS) is 56.8. The molecule has 16 heavy (non-hydrogen) atoms. The summed E-state index contributed by atoms with van der Waals surface area (Å²) < 4.78 is 6.09. The smallest absolute Gasteiger partial charge is 0.0688 e. The largest absolute Gasteiger partial charge is 0.375 e. The molecule has 5 atom stereocenters. The summed E-state index contributed by atoms with van der Waals surface area (Å²) in [6.07, 6.45) is 8.39. The molecule has 3 fully saturated rings. The molecule has 3 rings (SSSR count). The lowest BCUT2D eigenvalue weighted by atomic mass is 9.49. The van der Waals surface area contributed by atoms with Gasteiger partial charge in [0.2, 0.25) is 0 Å². The molecule has 2 unspecified atom stereocenters. The summed E-state index contributed by atoms with van der Waals surface area (Å²) in [5, 5.41) is 0. The lowest BCUT2D eigenvalue weighted by Crippen LogP contribution is -2.53. The van der Waals surface area contributed by atoms with Crippen molar-refractivity contribution in [2.24, 2.45) is 23.2 Å². The van der Waals surface area contributed by atoms with Gasteiger partial charge in [-0.25, -0.2) is 0 Å². The third-order valence-corrected chi connectivity index (χ3v) is 6.23. The first-order valence-electron chi connectivity index (χ1n) is 7.20. The fraction of sp³-hybridized carbons (Fsp3) is 1.00. The zero-order valence-electron chi connectivity index (χ0n) is 11.1. The number of rotatable bonds is 0. The van der Waals surface area contributed by atoms with Crippen LogP contribution in [0.1, 0.15) is 59.3 Å². The molecule has 92 valence electrons. The quantitative estimate of drug-likeness (QED) is 0.601. The molecule has 0 spiro atoms. The molecule has 1 heteroatoms. The van der Waals surface area contributed by atoms with E-state index in [2.05, 4.69) is 20.8 Å². The standard InChI is InChI=1S/C15H26O/c1-11-5-4-8-14(2)12(11)6-9-15(3)13(14)7-10-16-15/h11-13H,4-10H2,1-3H3/t11-,12?,13+,14?,15+/m0/s1. The number of hydrogen-bond donors (Lipinski definition) is 0. The first-order valence-corrected chi connectivity index (χ1v) is 7.20. The van der Waals surface area contributed by atoms with Crippen LogP contribution < -0.4 is 0 Å². The van der Waals surface area contributed by atoms with Crippen molar-refractivity contribution in [3.63, 3.8) is 0 Å². The summed E-state index contributed by atoms with van der Waals surface area (Å²) in [6.45, 7) is 8.45. The zero-order chi connectivity index (χ0) is 11.4. The Morgan fingerprint density at radius 3 is 2.69 bits per heavy atom. The van der Waals surface area contributed by atoms with E-state index in [1.807, 2.05) is 0 Å². The highest BCUT2D eigenvalue weighted by atomic mass is 16.5. The maximum Gasteiger partial charge on any atom is 0.0688 e. The van der Waals surface area contributed by atoms with Crippen molar-refractivity contribution in [3.8, 4) is 0 Å². The summed E-state index contributed by atoms with van der Waals surface area (Å²) in [7, 11) is 0. The van der Waals surface area contributed by atoms with Crippen molar-refractivity contribution in [1.29, 1.82) is 0 Å². The van der Waals surface area contributed by atoms with Gasteiger partial charge in [-0.3, -0.25) is 0 Å². The van der Waals surface area contributed by atoms with Crippen LogP contribution in [0.4, 0.5) is 0 Å². The molecule has 1 aliphatic heterocycles. The van der Waals surface area contributed by atoms with Gasteiger partial charge in [-0.15, -0.1) is 0 Å². The van der Waals surface area contributed by atoms with Crippen molar-refractivity contribution in [2.45, 2.75) is 64.9 Å². The molecule has 1 saturated heterocycles. The highest BCUT2D eigenvalue weighted by Crippen LogP contribution is 2.61. The van der Waals surface area contributed by atoms with E-state index < -0.39 is 0 Å². The van der Waals surface area contributed by atoms with E-state index in [9.17, 15) is 0 Å². The summed E-state index contributed by atoms with van der Waals surface area (Å²) in [6, 6.07) is 0. The van der Waals surface area contributed by atoms with E-state index in [0.717, 1.165) is 24.4 Å². The Morgan fingerprint density at radius 1 is 1.06 bits per heavy atom. The first kappa shape index (κ1) is 11.1. The van der Waals surface area contributed by atoms with E-state index in [0.29, 0.717) is 5.41 Å². The van der Waals surface area contributed by atoms with Gasteiger partial charge in [0.15, 0.2) is 0 Å². The Labute approximate surface area is 99.9 Å². The van der Waals surface area contributed by atoms with Gasteiger partial charge in [0.1, 0.15) is 0 Å². The lowest BCUT2D eigenvalue weighted by Gasteiger charge is -2.57. The van der Waals surface area contributed by atoms with Gasteiger partial charge < -0.3 is 4.74 Å². The van der Waals surface area contributed by atoms with Gasteiger partial charge in [-0.1, -0.05) is 26.7 Å². The van der Waals surface area contributed by atoms with Crippen molar-refractivity contribution in [1.82, 2.24) is 0 Å². The Balaban J connectivity index is 1.94. The first-order chi connectivity index (χ1) is 7.56. The molecule has 3 aliphatic rings. The van der Waals surface area contributed by atoms with Crippen molar-refractivity contribution >= 4 is 0 Å². The summed E-state index contributed by atoms with van der Waals surface area (Å²) in [4.78, 5) is 0. The molecule has 0 aromatic heterocycles. The lowest BCUT2D eigenvalue weighted by molar-refractivity contribution is -0.127.